The summed E-state index contributed by atoms with van der Waals surface area (Å²) in [6, 6.07) is 1.22. The Balaban J connectivity index is 3.05. The molecule has 2 N–H and O–H groups in total. The molecule has 0 fully saturated rings. The molecule has 1 atom stereocenters. The maximum absolute atomic E-state index is 12.3. The van der Waals surface area contributed by atoms with Crippen molar-refractivity contribution in [3.63, 3.8) is 0 Å². The minimum Gasteiger partial charge on any atom is -0.496 e. The molecule has 0 aliphatic rings. The van der Waals surface area contributed by atoms with Crippen LogP contribution in [0.1, 0.15) is 18.0 Å². The van der Waals surface area contributed by atoms with Gasteiger partial charge in [-0.3, -0.25) is 0 Å². The van der Waals surface area contributed by atoms with Crippen LogP contribution in [0.3, 0.4) is 0 Å². The van der Waals surface area contributed by atoms with Gasteiger partial charge in [-0.05, 0) is 18.2 Å². The molecule has 114 valence electrons. The minimum atomic E-state index is -4.94. The van der Waals surface area contributed by atoms with Crippen molar-refractivity contribution in [1.29, 1.82) is 0 Å². The minimum absolute atomic E-state index is 0.0451. The highest BCUT2D eigenvalue weighted by Gasteiger charge is 2.34. The van der Waals surface area contributed by atoms with Gasteiger partial charge in [0.25, 0.3) is 0 Å². The fourth-order valence-electron chi connectivity index (χ4n) is 1.56. The highest BCUT2D eigenvalue weighted by atomic mass is 19.4. The molecule has 1 aromatic rings. The summed E-state index contributed by atoms with van der Waals surface area (Å²) >= 11 is 0. The maximum Gasteiger partial charge on any atom is 0.573 e. The number of hydrogen-bond acceptors (Lipinski definition) is 3. The molecule has 9 heteroatoms. The summed E-state index contributed by atoms with van der Waals surface area (Å²) in [5, 5.41) is 0. The number of halogens is 6. The molecular formula is C11H11F6NO2. The van der Waals surface area contributed by atoms with Gasteiger partial charge in [0.05, 0.1) is 13.5 Å². The van der Waals surface area contributed by atoms with E-state index in [2.05, 4.69) is 4.74 Å². The molecule has 0 amide bonds. The number of ether oxygens (including phenoxy) is 2. The van der Waals surface area contributed by atoms with Crippen LogP contribution in [0.25, 0.3) is 0 Å². The van der Waals surface area contributed by atoms with Crippen molar-refractivity contribution in [2.24, 2.45) is 5.73 Å². The van der Waals surface area contributed by atoms with Crippen molar-refractivity contribution in [1.82, 2.24) is 0 Å². The summed E-state index contributed by atoms with van der Waals surface area (Å²) in [7, 11) is 1.17. The zero-order valence-electron chi connectivity index (χ0n) is 10.2. The van der Waals surface area contributed by atoms with Gasteiger partial charge in [0.2, 0.25) is 0 Å². The van der Waals surface area contributed by atoms with E-state index >= 15 is 0 Å². The smallest absolute Gasteiger partial charge is 0.496 e. The second-order valence-corrected chi connectivity index (χ2v) is 3.88. The molecule has 0 unspecified atom stereocenters. The van der Waals surface area contributed by atoms with Crippen LogP contribution in [0.2, 0.25) is 0 Å². The lowest BCUT2D eigenvalue weighted by molar-refractivity contribution is -0.274. The largest absolute Gasteiger partial charge is 0.573 e. The zero-order valence-corrected chi connectivity index (χ0v) is 10.2. The van der Waals surface area contributed by atoms with E-state index in [1.165, 1.54) is 7.11 Å². The van der Waals surface area contributed by atoms with Crippen LogP contribution in [-0.4, -0.2) is 19.6 Å². The Morgan fingerprint density at radius 2 is 1.75 bits per heavy atom. The lowest BCUT2D eigenvalue weighted by Crippen LogP contribution is -2.21. The van der Waals surface area contributed by atoms with Gasteiger partial charge in [-0.2, -0.15) is 13.2 Å². The van der Waals surface area contributed by atoms with Crippen molar-refractivity contribution in [3.05, 3.63) is 23.8 Å². The first-order valence-corrected chi connectivity index (χ1v) is 5.28. The van der Waals surface area contributed by atoms with Gasteiger partial charge < -0.3 is 15.2 Å². The van der Waals surface area contributed by atoms with E-state index in [1.54, 1.807) is 0 Å². The number of alkyl halides is 6. The van der Waals surface area contributed by atoms with Crippen LogP contribution >= 0.6 is 0 Å². The Morgan fingerprint density at radius 3 is 2.20 bits per heavy atom. The highest BCUT2D eigenvalue weighted by Crippen LogP contribution is 2.35. The molecule has 0 aliphatic heterocycles. The second kappa shape index (κ2) is 5.78. The van der Waals surface area contributed by atoms with Crippen molar-refractivity contribution >= 4 is 0 Å². The van der Waals surface area contributed by atoms with Crippen molar-refractivity contribution < 1.29 is 35.8 Å². The molecule has 0 aliphatic carbocycles. The molecule has 0 bridgehead atoms. The van der Waals surface area contributed by atoms with Gasteiger partial charge in [-0.1, -0.05) is 0 Å². The Morgan fingerprint density at radius 1 is 1.15 bits per heavy atom. The first-order valence-electron chi connectivity index (χ1n) is 5.28. The van der Waals surface area contributed by atoms with E-state index in [0.29, 0.717) is 0 Å². The van der Waals surface area contributed by atoms with Crippen LogP contribution in [-0.2, 0) is 0 Å². The van der Waals surface area contributed by atoms with Crippen LogP contribution in [0, 0.1) is 0 Å². The summed E-state index contributed by atoms with van der Waals surface area (Å²) in [5.41, 5.74) is 5.14. The number of hydrogen-bond donors (Lipinski definition) is 1. The molecule has 1 aromatic carbocycles. The second-order valence-electron chi connectivity index (χ2n) is 3.88. The molecule has 0 saturated heterocycles. The van der Waals surface area contributed by atoms with Gasteiger partial charge >= 0.3 is 12.5 Å². The number of nitrogens with two attached hydrogens (primary N) is 1. The third-order valence-electron chi connectivity index (χ3n) is 2.29. The predicted octanol–water partition coefficient (Wildman–Crippen LogP) is 3.55. The molecule has 1 rings (SSSR count). The van der Waals surface area contributed by atoms with E-state index in [9.17, 15) is 26.3 Å². The van der Waals surface area contributed by atoms with Crippen LogP contribution < -0.4 is 15.2 Å². The summed E-state index contributed by atoms with van der Waals surface area (Å²) in [5.74, 6) is -0.706. The topological polar surface area (TPSA) is 44.5 Å². The molecule has 0 radical (unpaired) electrons. The molecule has 0 heterocycles. The van der Waals surface area contributed by atoms with Crippen LogP contribution in [0.5, 0.6) is 11.5 Å². The standard InChI is InChI=1S/C11H11F6NO2/c1-19-9-3-2-6(20-11(15,16)17)4-7(9)8(18)5-10(12,13)14/h2-4,8H,5,18H2,1H3/t8-/m0/s1. The summed E-state index contributed by atoms with van der Waals surface area (Å²) < 4.78 is 81.4. The Bertz CT molecular complexity index is 457. The zero-order chi connectivity index (χ0) is 15.6. The molecule has 3 nitrogen and oxygen atoms in total. The van der Waals surface area contributed by atoms with Crippen molar-refractivity contribution in [2.75, 3.05) is 7.11 Å². The SMILES string of the molecule is COc1ccc(OC(F)(F)F)cc1[C@@H](N)CC(F)(F)F. The van der Waals surface area contributed by atoms with E-state index in [4.69, 9.17) is 10.5 Å². The van der Waals surface area contributed by atoms with Gasteiger partial charge in [-0.25, -0.2) is 0 Å². The molecule has 0 aromatic heterocycles. The number of methoxy groups -OCH3 is 1. The number of rotatable bonds is 4. The summed E-state index contributed by atoms with van der Waals surface area (Å²) in [6.45, 7) is 0. The van der Waals surface area contributed by atoms with Gasteiger partial charge in [-0.15, -0.1) is 13.2 Å². The van der Waals surface area contributed by atoms with Crippen molar-refractivity contribution in [3.8, 4) is 11.5 Å². The van der Waals surface area contributed by atoms with E-state index < -0.39 is 30.8 Å². The molecule has 0 spiro atoms. The number of benzene rings is 1. The Hall–Kier alpha value is -1.64. The highest BCUT2D eigenvalue weighted by molar-refractivity contribution is 5.42. The lowest BCUT2D eigenvalue weighted by Gasteiger charge is -2.18. The Kier molecular flexibility index (Phi) is 4.74. The molecule has 0 saturated carbocycles. The van der Waals surface area contributed by atoms with Gasteiger partial charge in [0.1, 0.15) is 11.5 Å². The van der Waals surface area contributed by atoms with Crippen molar-refractivity contribution in [2.45, 2.75) is 25.0 Å². The third-order valence-corrected chi connectivity index (χ3v) is 2.29. The first kappa shape index (κ1) is 16.4. The normalized spacial score (nSPS) is 14.0. The molecule has 20 heavy (non-hydrogen) atoms. The average molecular weight is 303 g/mol. The van der Waals surface area contributed by atoms with Gasteiger partial charge in [0.15, 0.2) is 0 Å². The predicted molar refractivity (Wildman–Crippen MR) is 57.3 cm³/mol. The monoisotopic (exact) mass is 303 g/mol. The third kappa shape index (κ3) is 5.16. The lowest BCUT2D eigenvalue weighted by atomic mass is 10.0. The summed E-state index contributed by atoms with van der Waals surface area (Å²) in [6.07, 6.45) is -10.9. The maximum atomic E-state index is 12.3. The summed E-state index contributed by atoms with van der Waals surface area (Å²) in [4.78, 5) is 0. The first-order chi connectivity index (χ1) is 9.02. The van der Waals surface area contributed by atoms with Crippen LogP contribution in [0.15, 0.2) is 18.2 Å². The van der Waals surface area contributed by atoms with Crippen LogP contribution in [0.4, 0.5) is 26.3 Å². The molecular weight excluding hydrogens is 292 g/mol. The van der Waals surface area contributed by atoms with Gasteiger partial charge in [0, 0.05) is 11.6 Å². The van der Waals surface area contributed by atoms with E-state index in [1.807, 2.05) is 0 Å². The fraction of sp³-hybridized carbons (Fsp3) is 0.455. The van der Waals surface area contributed by atoms with E-state index in [0.717, 1.165) is 18.2 Å². The quantitative estimate of drug-likeness (QED) is 0.865. The Labute approximate surface area is 110 Å². The van der Waals surface area contributed by atoms with E-state index in [-0.39, 0.29) is 11.3 Å². The average Bonchev–Trinajstić information content (AvgIpc) is 2.24. The fourth-order valence-corrected chi connectivity index (χ4v) is 1.56.